The van der Waals surface area contributed by atoms with Crippen LogP contribution in [0.1, 0.15) is 30.0 Å². The highest BCUT2D eigenvalue weighted by molar-refractivity contribution is 7.98. The molecule has 0 radical (unpaired) electrons. The Hall–Kier alpha value is -2.03. The lowest BCUT2D eigenvalue weighted by atomic mass is 10.0. The van der Waals surface area contributed by atoms with E-state index in [9.17, 15) is 13.2 Å². The molecular formula is C21H23ClN2O4S2. The van der Waals surface area contributed by atoms with E-state index in [-0.39, 0.29) is 17.4 Å². The Morgan fingerprint density at radius 1 is 1.33 bits per heavy atom. The molecule has 30 heavy (non-hydrogen) atoms. The number of hydrogen-bond acceptors (Lipinski definition) is 5. The van der Waals surface area contributed by atoms with Crippen LogP contribution in [-0.2, 0) is 21.2 Å². The van der Waals surface area contributed by atoms with Crippen LogP contribution in [0.3, 0.4) is 0 Å². The Labute approximate surface area is 185 Å². The highest BCUT2D eigenvalue weighted by Gasteiger charge is 2.28. The maximum Gasteiger partial charge on any atom is 0.304 e. The first-order chi connectivity index (χ1) is 14.1. The maximum absolute atomic E-state index is 11.8. The smallest absolute Gasteiger partial charge is 0.304 e. The predicted octanol–water partition coefficient (Wildman–Crippen LogP) is 4.77. The first kappa shape index (κ1) is 22.7. The van der Waals surface area contributed by atoms with Crippen molar-refractivity contribution < 1.29 is 18.3 Å². The fourth-order valence-electron chi connectivity index (χ4n) is 3.61. The van der Waals surface area contributed by atoms with Gasteiger partial charge in [0.05, 0.1) is 11.9 Å². The number of pyridine rings is 1. The topological polar surface area (TPSA) is 89.3 Å². The number of fused-ring (bicyclic) bond motifs is 3. The lowest BCUT2D eigenvalue weighted by Gasteiger charge is -2.04. The number of aliphatic carboxylic acids is 1. The van der Waals surface area contributed by atoms with Crippen molar-refractivity contribution in [2.24, 2.45) is 0 Å². The molecule has 0 saturated carbocycles. The minimum Gasteiger partial charge on any atom is -0.481 e. The first-order valence-corrected chi connectivity index (χ1v) is 12.8. The van der Waals surface area contributed by atoms with Gasteiger partial charge in [0.2, 0.25) is 0 Å². The minimum atomic E-state index is -3.40. The number of aryl methyl sites for hydroxylation is 2. The fourth-order valence-corrected chi connectivity index (χ4v) is 5.11. The van der Waals surface area contributed by atoms with Crippen molar-refractivity contribution in [3.63, 3.8) is 0 Å². The second-order valence-corrected chi connectivity index (χ2v) is 10.5. The van der Waals surface area contributed by atoms with E-state index in [1.165, 1.54) is 11.1 Å². The molecule has 1 N–H and O–H groups in total. The van der Waals surface area contributed by atoms with E-state index in [2.05, 4.69) is 11.1 Å². The number of aromatic nitrogens is 2. The second kappa shape index (κ2) is 8.99. The number of carbonyl (C=O) groups is 1. The zero-order valence-electron chi connectivity index (χ0n) is 16.9. The summed E-state index contributed by atoms with van der Waals surface area (Å²) in [6.07, 6.45) is 5.50. The summed E-state index contributed by atoms with van der Waals surface area (Å²) in [4.78, 5) is 16.1. The standard InChI is InChI=1S/C13H14N2O4S.C8H9ClS/c1-20(18,19)13-9-7-11-8(6-12(16)17)3-5-15(11)10(9)2-4-14-13;1-6-3-4-7(10-2)5-8(6)9/h2,4,7-8H,3,5-6H2,1H3,(H,16,17);3-5H,1-2H3. The summed E-state index contributed by atoms with van der Waals surface area (Å²) in [6, 6.07) is 9.65. The van der Waals surface area contributed by atoms with Crippen molar-refractivity contribution in [3.05, 3.63) is 52.8 Å². The molecule has 3 heterocycles. The Morgan fingerprint density at radius 2 is 2.07 bits per heavy atom. The molecule has 1 aliphatic heterocycles. The number of carboxylic acids is 1. The number of hydrogen-bond donors (Lipinski definition) is 1. The summed E-state index contributed by atoms with van der Waals surface area (Å²) in [7, 11) is -3.40. The molecule has 9 heteroatoms. The number of sulfone groups is 1. The molecule has 4 rings (SSSR count). The molecule has 0 bridgehead atoms. The van der Waals surface area contributed by atoms with Crippen LogP contribution in [0.25, 0.3) is 10.9 Å². The molecule has 1 unspecified atom stereocenters. The van der Waals surface area contributed by atoms with Gasteiger partial charge in [-0.25, -0.2) is 13.4 Å². The van der Waals surface area contributed by atoms with E-state index in [4.69, 9.17) is 16.7 Å². The van der Waals surface area contributed by atoms with E-state index >= 15 is 0 Å². The van der Waals surface area contributed by atoms with Crippen LogP contribution < -0.4 is 0 Å². The largest absolute Gasteiger partial charge is 0.481 e. The summed E-state index contributed by atoms with van der Waals surface area (Å²) in [5.74, 6) is -0.900. The molecule has 0 amide bonds. The van der Waals surface area contributed by atoms with E-state index in [1.807, 2.05) is 29.9 Å². The van der Waals surface area contributed by atoms with Gasteiger partial charge in [-0.1, -0.05) is 17.7 Å². The zero-order valence-corrected chi connectivity index (χ0v) is 19.3. The minimum absolute atomic E-state index is 0.0611. The summed E-state index contributed by atoms with van der Waals surface area (Å²) in [6.45, 7) is 2.72. The summed E-state index contributed by atoms with van der Waals surface area (Å²) < 4.78 is 25.5. The number of rotatable bonds is 4. The molecule has 0 aliphatic carbocycles. The summed E-state index contributed by atoms with van der Waals surface area (Å²) in [5, 5.41) is 10.4. The van der Waals surface area contributed by atoms with Gasteiger partial charge in [0, 0.05) is 45.9 Å². The van der Waals surface area contributed by atoms with Crippen molar-refractivity contribution in [3.8, 4) is 0 Å². The number of carboxylic acid groups (broad SMARTS) is 1. The second-order valence-electron chi connectivity index (χ2n) is 7.24. The van der Waals surface area contributed by atoms with E-state index in [0.717, 1.165) is 34.5 Å². The van der Waals surface area contributed by atoms with Gasteiger partial charge in [-0.15, -0.1) is 11.8 Å². The molecule has 1 atom stereocenters. The zero-order chi connectivity index (χ0) is 22.1. The van der Waals surface area contributed by atoms with Gasteiger partial charge in [-0.3, -0.25) is 4.79 Å². The van der Waals surface area contributed by atoms with Gasteiger partial charge < -0.3 is 9.67 Å². The molecule has 6 nitrogen and oxygen atoms in total. The molecule has 0 spiro atoms. The van der Waals surface area contributed by atoms with Crippen LogP contribution >= 0.6 is 23.4 Å². The monoisotopic (exact) mass is 466 g/mol. The van der Waals surface area contributed by atoms with Crippen molar-refractivity contribution in [2.75, 3.05) is 12.5 Å². The molecule has 1 aliphatic rings. The highest BCUT2D eigenvalue weighted by atomic mass is 35.5. The number of benzene rings is 1. The summed E-state index contributed by atoms with van der Waals surface area (Å²) >= 11 is 7.59. The van der Waals surface area contributed by atoms with Gasteiger partial charge in [0.25, 0.3) is 0 Å². The summed E-state index contributed by atoms with van der Waals surface area (Å²) in [5.41, 5.74) is 2.84. The van der Waals surface area contributed by atoms with Gasteiger partial charge >= 0.3 is 5.97 Å². The lowest BCUT2D eigenvalue weighted by molar-refractivity contribution is -0.137. The average molecular weight is 467 g/mol. The van der Waals surface area contributed by atoms with E-state index in [1.54, 1.807) is 23.9 Å². The Balaban J connectivity index is 0.000000216. The fraction of sp³-hybridized carbons (Fsp3) is 0.333. The van der Waals surface area contributed by atoms with Crippen LogP contribution in [-0.4, -0.2) is 41.6 Å². The van der Waals surface area contributed by atoms with Gasteiger partial charge in [-0.2, -0.15) is 0 Å². The van der Waals surface area contributed by atoms with Crippen molar-refractivity contribution in [1.29, 1.82) is 0 Å². The van der Waals surface area contributed by atoms with Crippen LogP contribution in [0.2, 0.25) is 5.02 Å². The van der Waals surface area contributed by atoms with Crippen LogP contribution in [0.5, 0.6) is 0 Å². The Morgan fingerprint density at radius 3 is 2.67 bits per heavy atom. The van der Waals surface area contributed by atoms with E-state index < -0.39 is 15.8 Å². The quantitative estimate of drug-likeness (QED) is 0.557. The first-order valence-electron chi connectivity index (χ1n) is 9.32. The van der Waals surface area contributed by atoms with Gasteiger partial charge in [0.15, 0.2) is 14.9 Å². The van der Waals surface area contributed by atoms with Crippen LogP contribution in [0, 0.1) is 6.92 Å². The Bertz CT molecular complexity index is 1210. The molecular weight excluding hydrogens is 444 g/mol. The van der Waals surface area contributed by atoms with Crippen LogP contribution in [0.15, 0.2) is 46.5 Å². The third-order valence-electron chi connectivity index (χ3n) is 5.10. The van der Waals surface area contributed by atoms with Crippen molar-refractivity contribution in [2.45, 2.75) is 42.1 Å². The Kier molecular flexibility index (Phi) is 6.79. The average Bonchev–Trinajstić information content (AvgIpc) is 3.23. The maximum atomic E-state index is 11.8. The third kappa shape index (κ3) is 4.82. The molecule has 0 saturated heterocycles. The van der Waals surface area contributed by atoms with Crippen molar-refractivity contribution in [1.82, 2.24) is 9.55 Å². The number of halogens is 1. The molecule has 1 aromatic carbocycles. The SMILES string of the molecule is CS(=O)(=O)c1nccc2c1cc1n2CCC1CC(=O)O.CSc1ccc(C)c(Cl)c1. The molecule has 3 aromatic rings. The molecule has 0 fully saturated rings. The highest BCUT2D eigenvalue weighted by Crippen LogP contribution is 2.37. The molecule has 160 valence electrons. The third-order valence-corrected chi connectivity index (χ3v) is 7.26. The number of nitrogens with zero attached hydrogens (tertiary/aromatic N) is 2. The predicted molar refractivity (Wildman–Crippen MR) is 120 cm³/mol. The normalized spacial score (nSPS) is 15.5. The number of thioether (sulfide) groups is 1. The van der Waals surface area contributed by atoms with E-state index in [0.29, 0.717) is 11.9 Å². The van der Waals surface area contributed by atoms with Crippen molar-refractivity contribution >= 4 is 50.1 Å². The molecule has 2 aromatic heterocycles. The lowest BCUT2D eigenvalue weighted by Crippen LogP contribution is -2.03. The van der Waals surface area contributed by atoms with Gasteiger partial charge in [0.1, 0.15) is 0 Å². The van der Waals surface area contributed by atoms with Gasteiger partial charge in [-0.05, 0) is 49.4 Å². The van der Waals surface area contributed by atoms with Crippen LogP contribution in [0.4, 0.5) is 0 Å².